The van der Waals surface area contributed by atoms with Crippen LogP contribution >= 0.6 is 7.75 Å². The van der Waals surface area contributed by atoms with Crippen LogP contribution in [0.4, 0.5) is 0 Å². The summed E-state index contributed by atoms with van der Waals surface area (Å²) in [4.78, 5) is 0. The van der Waals surface area contributed by atoms with E-state index in [9.17, 15) is 4.57 Å². The number of fused-ring (bicyclic) bond motifs is 1. The number of para-hydroxylation sites is 1. The number of hydrogen-bond donors (Lipinski definition) is 2. The summed E-state index contributed by atoms with van der Waals surface area (Å²) in [6, 6.07) is 7.58. The van der Waals surface area contributed by atoms with Crippen LogP contribution in [0.2, 0.25) is 0 Å². The maximum absolute atomic E-state index is 13.1. The first-order valence-electron chi connectivity index (χ1n) is 7.50. The van der Waals surface area contributed by atoms with E-state index in [0.29, 0.717) is 26.2 Å². The average Bonchev–Trinajstić information content (AvgIpc) is 2.87. The van der Waals surface area contributed by atoms with Gasteiger partial charge in [-0.15, -0.1) is 0 Å². The Hall–Kier alpha value is -1.17. The van der Waals surface area contributed by atoms with Gasteiger partial charge in [-0.05, 0) is 31.9 Å². The lowest BCUT2D eigenvalue weighted by Gasteiger charge is -2.18. The van der Waals surface area contributed by atoms with Gasteiger partial charge in [-0.25, -0.2) is 4.57 Å². The van der Waals surface area contributed by atoms with Crippen molar-refractivity contribution in [3.05, 3.63) is 36.0 Å². The first-order chi connectivity index (χ1) is 10.6. The molecule has 0 fully saturated rings. The van der Waals surface area contributed by atoms with E-state index in [0.717, 1.165) is 16.5 Å². The molecule has 1 aromatic carbocycles. The number of aromatic nitrogens is 1. The van der Waals surface area contributed by atoms with Gasteiger partial charge in [-0.2, -0.15) is 0 Å². The Kier molecular flexibility index (Phi) is 5.78. The molecule has 6 nitrogen and oxygen atoms in total. The fourth-order valence-electron chi connectivity index (χ4n) is 2.45. The molecule has 2 rings (SSSR count). The highest BCUT2D eigenvalue weighted by Crippen LogP contribution is 2.52. The summed E-state index contributed by atoms with van der Waals surface area (Å²) in [6.45, 7) is 4.60. The highest BCUT2D eigenvalue weighted by atomic mass is 31.2. The van der Waals surface area contributed by atoms with Crippen molar-refractivity contribution >= 4 is 18.6 Å². The molecule has 0 saturated carbocycles. The molecule has 0 aliphatic heterocycles. The van der Waals surface area contributed by atoms with Gasteiger partial charge in [0, 0.05) is 24.2 Å². The summed E-state index contributed by atoms with van der Waals surface area (Å²) < 4.78 is 25.6. The highest BCUT2D eigenvalue weighted by Gasteiger charge is 2.29. The zero-order valence-electron chi connectivity index (χ0n) is 13.1. The van der Waals surface area contributed by atoms with Crippen LogP contribution in [-0.4, -0.2) is 30.1 Å². The van der Waals surface area contributed by atoms with Gasteiger partial charge in [0.15, 0.2) is 0 Å². The lowest BCUT2D eigenvalue weighted by Crippen LogP contribution is -2.31. The molecule has 0 bridgehead atoms. The highest BCUT2D eigenvalue weighted by molar-refractivity contribution is 7.52. The predicted octanol–water partition coefficient (Wildman–Crippen LogP) is 2.50. The summed E-state index contributed by atoms with van der Waals surface area (Å²) in [5.74, 6) is 0. The molecule has 2 aromatic rings. The van der Waals surface area contributed by atoms with E-state index in [1.54, 1.807) is 18.2 Å². The minimum atomic E-state index is -3.40. The van der Waals surface area contributed by atoms with Crippen molar-refractivity contribution in [3.8, 4) is 0 Å². The largest absolute Gasteiger partial charge is 0.439 e. The second kappa shape index (κ2) is 7.40. The number of nitrogens with zero attached hydrogens (tertiary/aromatic N) is 1. The molecule has 0 aliphatic carbocycles. The monoisotopic (exact) mass is 325 g/mol. The molecule has 122 valence electrons. The predicted molar refractivity (Wildman–Crippen MR) is 88.9 cm³/mol. The molecular weight excluding hydrogens is 301 g/mol. The Morgan fingerprint density at radius 1 is 1.23 bits per heavy atom. The molecule has 4 N–H and O–H groups in total. The lowest BCUT2D eigenvalue weighted by atomic mass is 10.1. The molecule has 7 heteroatoms. The number of nitrogens with two attached hydrogens (primary N) is 2. The van der Waals surface area contributed by atoms with Crippen molar-refractivity contribution < 1.29 is 13.6 Å². The molecule has 0 radical (unpaired) electrons. The number of rotatable bonds is 8. The van der Waals surface area contributed by atoms with Gasteiger partial charge < -0.3 is 11.5 Å². The van der Waals surface area contributed by atoms with Gasteiger partial charge >= 0.3 is 7.75 Å². The zero-order chi connectivity index (χ0) is 16.2. The SMILES string of the molecule is CCOP(=O)(OCC)n1cc(C[C@H](N)CN)c2ccccc21. The van der Waals surface area contributed by atoms with E-state index in [2.05, 4.69) is 0 Å². The van der Waals surface area contributed by atoms with Crippen LogP contribution in [0.1, 0.15) is 19.4 Å². The first-order valence-corrected chi connectivity index (χ1v) is 8.99. The Bertz CT molecular complexity index is 661. The van der Waals surface area contributed by atoms with Crippen LogP contribution in [0, 0.1) is 0 Å². The van der Waals surface area contributed by atoms with Gasteiger partial charge in [-0.3, -0.25) is 13.4 Å². The molecule has 0 spiro atoms. The second-order valence-electron chi connectivity index (χ2n) is 5.02. The van der Waals surface area contributed by atoms with E-state index < -0.39 is 7.75 Å². The van der Waals surface area contributed by atoms with Gasteiger partial charge in [0.05, 0.1) is 18.7 Å². The number of hydrogen-bond acceptors (Lipinski definition) is 5. The summed E-state index contributed by atoms with van der Waals surface area (Å²) in [5.41, 5.74) is 13.4. The van der Waals surface area contributed by atoms with Crippen LogP contribution in [0.25, 0.3) is 10.9 Å². The maximum atomic E-state index is 13.1. The average molecular weight is 325 g/mol. The van der Waals surface area contributed by atoms with Crippen molar-refractivity contribution in [2.75, 3.05) is 19.8 Å². The Morgan fingerprint density at radius 3 is 2.45 bits per heavy atom. The quantitative estimate of drug-likeness (QED) is 0.728. The topological polar surface area (TPSA) is 92.5 Å². The molecule has 0 unspecified atom stereocenters. The summed E-state index contributed by atoms with van der Waals surface area (Å²) in [5, 5.41) is 0.992. The van der Waals surface area contributed by atoms with Crippen molar-refractivity contribution in [2.24, 2.45) is 11.5 Å². The van der Waals surface area contributed by atoms with E-state index >= 15 is 0 Å². The Labute approximate surface area is 131 Å². The maximum Gasteiger partial charge on any atom is 0.439 e. The molecule has 1 aromatic heterocycles. The smallest absolute Gasteiger partial charge is 0.329 e. The van der Waals surface area contributed by atoms with Crippen molar-refractivity contribution in [1.29, 1.82) is 0 Å². The fourth-order valence-corrected chi connectivity index (χ4v) is 4.15. The molecule has 0 saturated heterocycles. The normalized spacial score (nSPS) is 13.6. The van der Waals surface area contributed by atoms with Crippen LogP contribution < -0.4 is 11.5 Å². The van der Waals surface area contributed by atoms with Gasteiger partial charge in [-0.1, -0.05) is 18.2 Å². The summed E-state index contributed by atoms with van der Waals surface area (Å²) >= 11 is 0. The Balaban J connectivity index is 2.56. The van der Waals surface area contributed by atoms with Crippen LogP contribution in [0.15, 0.2) is 30.5 Å². The van der Waals surface area contributed by atoms with Crippen LogP contribution in [0.5, 0.6) is 0 Å². The molecule has 0 amide bonds. The minimum absolute atomic E-state index is 0.141. The van der Waals surface area contributed by atoms with Crippen molar-refractivity contribution in [3.63, 3.8) is 0 Å². The standard InChI is InChI=1S/C15H24N3O3P/c1-3-20-22(19,21-4-2)18-11-12(9-13(17)10-16)14-7-5-6-8-15(14)18/h5-8,11,13H,3-4,9-10,16-17H2,1-2H3/t13-/m0/s1. The van der Waals surface area contributed by atoms with E-state index in [4.69, 9.17) is 20.5 Å². The molecular formula is C15H24N3O3P. The first kappa shape index (κ1) is 17.2. The number of benzene rings is 1. The molecule has 0 aliphatic rings. The fraction of sp³-hybridized carbons (Fsp3) is 0.467. The van der Waals surface area contributed by atoms with E-state index in [1.807, 2.05) is 30.5 Å². The third-order valence-electron chi connectivity index (χ3n) is 3.41. The van der Waals surface area contributed by atoms with Crippen LogP contribution in [-0.2, 0) is 20.0 Å². The van der Waals surface area contributed by atoms with Gasteiger partial charge in [0.1, 0.15) is 0 Å². The van der Waals surface area contributed by atoms with Crippen molar-refractivity contribution in [1.82, 2.24) is 4.34 Å². The van der Waals surface area contributed by atoms with E-state index in [1.165, 1.54) is 0 Å². The van der Waals surface area contributed by atoms with Gasteiger partial charge in [0.25, 0.3) is 0 Å². The molecule has 1 heterocycles. The third kappa shape index (κ3) is 3.42. The summed E-state index contributed by atoms with van der Waals surface area (Å²) in [6.07, 6.45) is 2.43. The Morgan fingerprint density at radius 2 is 1.86 bits per heavy atom. The second-order valence-corrected chi connectivity index (χ2v) is 6.90. The zero-order valence-corrected chi connectivity index (χ0v) is 14.0. The third-order valence-corrected chi connectivity index (χ3v) is 5.44. The van der Waals surface area contributed by atoms with E-state index in [-0.39, 0.29) is 6.04 Å². The van der Waals surface area contributed by atoms with Crippen LogP contribution in [0.3, 0.4) is 0 Å². The van der Waals surface area contributed by atoms with Gasteiger partial charge in [0.2, 0.25) is 0 Å². The van der Waals surface area contributed by atoms with Crippen molar-refractivity contribution in [2.45, 2.75) is 26.3 Å². The molecule has 22 heavy (non-hydrogen) atoms. The minimum Gasteiger partial charge on any atom is -0.329 e. The molecule has 1 atom stereocenters. The lowest BCUT2D eigenvalue weighted by molar-refractivity contribution is 0.213. The summed E-state index contributed by atoms with van der Waals surface area (Å²) in [7, 11) is -3.40.